The van der Waals surface area contributed by atoms with Crippen molar-refractivity contribution in [2.24, 2.45) is 0 Å². The third kappa shape index (κ3) is 5.26. The quantitative estimate of drug-likeness (QED) is 0.707. The van der Waals surface area contributed by atoms with Crippen LogP contribution in [0.1, 0.15) is 11.1 Å². The van der Waals surface area contributed by atoms with Gasteiger partial charge in [0.2, 0.25) is 0 Å². The van der Waals surface area contributed by atoms with Crippen molar-refractivity contribution in [1.82, 2.24) is 10.2 Å². The molecule has 0 fully saturated rings. The smallest absolute Gasteiger partial charge is 0.0717 e. The minimum Gasteiger partial charge on any atom is -0.375 e. The Kier molecular flexibility index (Phi) is 6.08. The second kappa shape index (κ2) is 7.39. The van der Waals surface area contributed by atoms with Gasteiger partial charge >= 0.3 is 0 Å². The molecule has 1 rings (SSSR count). The maximum absolute atomic E-state index is 5.60. The first-order valence-electron chi connectivity index (χ1n) is 5.67. The van der Waals surface area contributed by atoms with Gasteiger partial charge in [-0.15, -0.1) is 0 Å². The summed E-state index contributed by atoms with van der Waals surface area (Å²) in [6, 6.07) is 8.50. The average molecular weight is 222 g/mol. The average Bonchev–Trinajstić information content (AvgIpc) is 2.25. The van der Waals surface area contributed by atoms with Gasteiger partial charge in [-0.1, -0.05) is 24.3 Å². The van der Waals surface area contributed by atoms with Crippen LogP contribution in [0, 0.1) is 0 Å². The van der Waals surface area contributed by atoms with E-state index in [0.717, 1.165) is 19.7 Å². The molecular weight excluding hydrogens is 200 g/mol. The number of hydrogen-bond acceptors (Lipinski definition) is 3. The van der Waals surface area contributed by atoms with Crippen molar-refractivity contribution in [3.05, 3.63) is 35.4 Å². The molecule has 0 aliphatic carbocycles. The maximum atomic E-state index is 5.60. The van der Waals surface area contributed by atoms with Crippen LogP contribution in [0.2, 0.25) is 0 Å². The Morgan fingerprint density at radius 2 is 2.00 bits per heavy atom. The fraction of sp³-hybridized carbons (Fsp3) is 0.538. The third-order valence-corrected chi connectivity index (χ3v) is 2.32. The SMILES string of the molecule is CNCc1cccc(COCCN(C)C)c1. The summed E-state index contributed by atoms with van der Waals surface area (Å²) in [5, 5.41) is 3.15. The Morgan fingerprint density at radius 3 is 2.69 bits per heavy atom. The first-order valence-corrected chi connectivity index (χ1v) is 5.67. The molecule has 0 aliphatic heterocycles. The molecule has 3 heteroatoms. The van der Waals surface area contributed by atoms with Crippen LogP contribution in [0.25, 0.3) is 0 Å². The van der Waals surface area contributed by atoms with E-state index in [4.69, 9.17) is 4.74 Å². The van der Waals surface area contributed by atoms with Crippen molar-refractivity contribution in [2.75, 3.05) is 34.3 Å². The number of benzene rings is 1. The molecule has 0 radical (unpaired) electrons. The van der Waals surface area contributed by atoms with Crippen LogP contribution in [0.4, 0.5) is 0 Å². The summed E-state index contributed by atoms with van der Waals surface area (Å²) < 4.78 is 5.60. The molecule has 0 heterocycles. The molecule has 1 aromatic rings. The summed E-state index contributed by atoms with van der Waals surface area (Å²) in [4.78, 5) is 2.12. The zero-order valence-corrected chi connectivity index (χ0v) is 10.5. The molecular formula is C13H22N2O. The largest absolute Gasteiger partial charge is 0.375 e. The topological polar surface area (TPSA) is 24.5 Å². The number of nitrogens with zero attached hydrogens (tertiary/aromatic N) is 1. The highest BCUT2D eigenvalue weighted by Crippen LogP contribution is 2.06. The first-order chi connectivity index (χ1) is 7.72. The summed E-state index contributed by atoms with van der Waals surface area (Å²) in [5.74, 6) is 0. The number of rotatable bonds is 7. The molecule has 0 bridgehead atoms. The molecule has 0 saturated carbocycles. The monoisotopic (exact) mass is 222 g/mol. The summed E-state index contributed by atoms with van der Waals surface area (Å²) in [6.07, 6.45) is 0. The van der Waals surface area contributed by atoms with Gasteiger partial charge in [-0.2, -0.15) is 0 Å². The van der Waals surface area contributed by atoms with Gasteiger partial charge in [0.15, 0.2) is 0 Å². The molecule has 16 heavy (non-hydrogen) atoms. The molecule has 1 aromatic carbocycles. The Bertz CT molecular complexity index is 300. The minimum absolute atomic E-state index is 0.700. The highest BCUT2D eigenvalue weighted by Gasteiger charge is 1.96. The van der Waals surface area contributed by atoms with Gasteiger partial charge in [-0.25, -0.2) is 0 Å². The van der Waals surface area contributed by atoms with Crippen LogP contribution >= 0.6 is 0 Å². The zero-order valence-electron chi connectivity index (χ0n) is 10.5. The van der Waals surface area contributed by atoms with E-state index >= 15 is 0 Å². The lowest BCUT2D eigenvalue weighted by Gasteiger charge is -2.10. The van der Waals surface area contributed by atoms with Crippen molar-refractivity contribution >= 4 is 0 Å². The van der Waals surface area contributed by atoms with Gasteiger partial charge in [-0.05, 0) is 32.3 Å². The second-order valence-electron chi connectivity index (χ2n) is 4.21. The van der Waals surface area contributed by atoms with E-state index in [2.05, 4.69) is 48.6 Å². The molecule has 0 amide bonds. The number of likely N-dealkylation sites (N-methyl/N-ethyl adjacent to an activating group) is 1. The van der Waals surface area contributed by atoms with Crippen LogP contribution in [0.15, 0.2) is 24.3 Å². The Hall–Kier alpha value is -0.900. The van der Waals surface area contributed by atoms with Crippen LogP contribution in [0.5, 0.6) is 0 Å². The lowest BCUT2D eigenvalue weighted by molar-refractivity contribution is 0.105. The van der Waals surface area contributed by atoms with Gasteiger partial charge in [-0.3, -0.25) is 0 Å². The molecule has 0 spiro atoms. The van der Waals surface area contributed by atoms with Gasteiger partial charge in [0.1, 0.15) is 0 Å². The van der Waals surface area contributed by atoms with Crippen molar-refractivity contribution in [3.63, 3.8) is 0 Å². The summed E-state index contributed by atoms with van der Waals surface area (Å²) in [7, 11) is 6.06. The van der Waals surface area contributed by atoms with Crippen LogP contribution in [-0.2, 0) is 17.9 Å². The van der Waals surface area contributed by atoms with Crippen molar-refractivity contribution < 1.29 is 4.74 Å². The molecule has 0 unspecified atom stereocenters. The number of hydrogen-bond donors (Lipinski definition) is 1. The van der Waals surface area contributed by atoms with E-state index in [-0.39, 0.29) is 0 Å². The molecule has 3 nitrogen and oxygen atoms in total. The Morgan fingerprint density at radius 1 is 1.25 bits per heavy atom. The first kappa shape index (κ1) is 13.2. The van der Waals surface area contributed by atoms with Crippen molar-refractivity contribution in [1.29, 1.82) is 0 Å². The Balaban J connectivity index is 2.33. The molecule has 1 N–H and O–H groups in total. The maximum Gasteiger partial charge on any atom is 0.0717 e. The third-order valence-electron chi connectivity index (χ3n) is 2.32. The standard InChI is InChI=1S/C13H22N2O/c1-14-10-12-5-4-6-13(9-12)11-16-8-7-15(2)3/h4-6,9,14H,7-8,10-11H2,1-3H3. The van der Waals surface area contributed by atoms with E-state index in [1.165, 1.54) is 11.1 Å². The minimum atomic E-state index is 0.700. The predicted molar refractivity (Wildman–Crippen MR) is 67.4 cm³/mol. The van der Waals surface area contributed by atoms with Crippen LogP contribution < -0.4 is 5.32 Å². The highest BCUT2D eigenvalue weighted by molar-refractivity contribution is 5.22. The highest BCUT2D eigenvalue weighted by atomic mass is 16.5. The van der Waals surface area contributed by atoms with Crippen molar-refractivity contribution in [3.8, 4) is 0 Å². The normalized spacial score (nSPS) is 11.0. The zero-order chi connectivity index (χ0) is 11.8. The van der Waals surface area contributed by atoms with Gasteiger partial charge in [0.25, 0.3) is 0 Å². The fourth-order valence-corrected chi connectivity index (χ4v) is 1.47. The molecule has 0 aromatic heterocycles. The fourth-order valence-electron chi connectivity index (χ4n) is 1.47. The predicted octanol–water partition coefficient (Wildman–Crippen LogP) is 1.48. The molecule has 0 atom stereocenters. The van der Waals surface area contributed by atoms with Gasteiger partial charge < -0.3 is 15.0 Å². The van der Waals surface area contributed by atoms with E-state index in [0.29, 0.717) is 6.61 Å². The summed E-state index contributed by atoms with van der Waals surface area (Å²) >= 11 is 0. The lowest BCUT2D eigenvalue weighted by Crippen LogP contribution is -2.17. The van der Waals surface area contributed by atoms with Crippen LogP contribution in [-0.4, -0.2) is 39.2 Å². The number of nitrogens with one attached hydrogen (secondary N) is 1. The molecule has 0 saturated heterocycles. The van der Waals surface area contributed by atoms with Gasteiger partial charge in [0, 0.05) is 13.1 Å². The van der Waals surface area contributed by atoms with E-state index < -0.39 is 0 Å². The Labute approximate surface area is 98.4 Å². The van der Waals surface area contributed by atoms with Crippen molar-refractivity contribution in [2.45, 2.75) is 13.2 Å². The second-order valence-corrected chi connectivity index (χ2v) is 4.21. The summed E-state index contributed by atoms with van der Waals surface area (Å²) in [6.45, 7) is 3.36. The van der Waals surface area contributed by atoms with Crippen LogP contribution in [0.3, 0.4) is 0 Å². The number of ether oxygens (including phenoxy) is 1. The lowest BCUT2D eigenvalue weighted by atomic mass is 10.1. The molecule has 90 valence electrons. The van der Waals surface area contributed by atoms with E-state index in [9.17, 15) is 0 Å². The van der Waals surface area contributed by atoms with E-state index in [1.807, 2.05) is 7.05 Å². The van der Waals surface area contributed by atoms with Gasteiger partial charge in [0.05, 0.1) is 13.2 Å². The molecule has 0 aliphatic rings. The summed E-state index contributed by atoms with van der Waals surface area (Å²) in [5.41, 5.74) is 2.54. The van der Waals surface area contributed by atoms with E-state index in [1.54, 1.807) is 0 Å².